The van der Waals surface area contributed by atoms with Crippen LogP contribution in [0.3, 0.4) is 0 Å². The molecule has 0 unspecified atom stereocenters. The molecule has 0 atom stereocenters. The number of unbranched alkanes of at least 4 members (excludes halogenated alkanes) is 4. The van der Waals surface area contributed by atoms with E-state index >= 15 is 0 Å². The van der Waals surface area contributed by atoms with Gasteiger partial charge in [-0.05, 0) is 38.6 Å². The van der Waals surface area contributed by atoms with Crippen LogP contribution in [0.2, 0.25) is 0 Å². The topological polar surface area (TPSA) is 66.6 Å². The molecule has 134 valence electrons. The van der Waals surface area contributed by atoms with Crippen LogP contribution in [0.15, 0.2) is 0 Å². The van der Waals surface area contributed by atoms with Crippen LogP contribution < -0.4 is 5.73 Å². The average Bonchev–Trinajstić information content (AvgIpc) is 2.58. The summed E-state index contributed by atoms with van der Waals surface area (Å²) in [7, 11) is 1.90. The molecule has 0 bridgehead atoms. The summed E-state index contributed by atoms with van der Waals surface area (Å²) in [6.45, 7) is 5.19. The molecule has 0 aromatic heterocycles. The van der Waals surface area contributed by atoms with E-state index in [1.54, 1.807) is 0 Å². The van der Waals surface area contributed by atoms with Gasteiger partial charge in [-0.15, -0.1) is 0 Å². The second kappa shape index (κ2) is 11.4. The Morgan fingerprint density at radius 2 is 1.74 bits per heavy atom. The van der Waals surface area contributed by atoms with E-state index in [2.05, 4.69) is 6.92 Å². The molecule has 2 amide bonds. The first-order valence-electron chi connectivity index (χ1n) is 9.33. The number of carbonyl (C=O) groups is 2. The largest absolute Gasteiger partial charge is 0.346 e. The summed E-state index contributed by atoms with van der Waals surface area (Å²) >= 11 is 0. The zero-order valence-corrected chi connectivity index (χ0v) is 15.1. The standard InChI is InChI=1S/C18H35N3O2/c1-3-4-13-20(2)18(23)16-10-14-21(15-11-16)17(22)9-7-5-6-8-12-19/h16H,3-15,19H2,1-2H3. The van der Waals surface area contributed by atoms with Crippen LogP contribution >= 0.6 is 0 Å². The van der Waals surface area contributed by atoms with Crippen molar-refractivity contribution in [1.82, 2.24) is 9.80 Å². The van der Waals surface area contributed by atoms with Crippen LogP contribution in [0.5, 0.6) is 0 Å². The molecule has 5 heteroatoms. The highest BCUT2D eigenvalue weighted by atomic mass is 16.2. The normalized spacial score (nSPS) is 15.7. The van der Waals surface area contributed by atoms with E-state index in [0.717, 1.165) is 77.5 Å². The first kappa shape index (κ1) is 19.9. The lowest BCUT2D eigenvalue weighted by molar-refractivity contribution is -0.140. The molecular weight excluding hydrogens is 290 g/mol. The minimum Gasteiger partial charge on any atom is -0.346 e. The number of hydrogen-bond acceptors (Lipinski definition) is 3. The number of nitrogens with two attached hydrogens (primary N) is 1. The molecule has 0 aromatic carbocycles. The van der Waals surface area contributed by atoms with E-state index in [4.69, 9.17) is 5.73 Å². The molecule has 1 aliphatic rings. The molecule has 0 aliphatic carbocycles. The van der Waals surface area contributed by atoms with Crippen molar-refractivity contribution >= 4 is 11.8 Å². The molecular formula is C18H35N3O2. The minimum absolute atomic E-state index is 0.102. The molecule has 23 heavy (non-hydrogen) atoms. The van der Waals surface area contributed by atoms with E-state index < -0.39 is 0 Å². The monoisotopic (exact) mass is 325 g/mol. The summed E-state index contributed by atoms with van der Waals surface area (Å²) in [5, 5.41) is 0. The summed E-state index contributed by atoms with van der Waals surface area (Å²) in [6.07, 6.45) is 8.64. The fourth-order valence-corrected chi connectivity index (χ4v) is 3.13. The van der Waals surface area contributed by atoms with Gasteiger partial charge in [0.15, 0.2) is 0 Å². The first-order valence-corrected chi connectivity index (χ1v) is 9.33. The number of hydrogen-bond donors (Lipinski definition) is 1. The molecule has 0 spiro atoms. The van der Waals surface area contributed by atoms with Gasteiger partial charge in [0, 0.05) is 39.0 Å². The molecule has 0 radical (unpaired) electrons. The maximum atomic E-state index is 12.4. The molecule has 1 aliphatic heterocycles. The minimum atomic E-state index is 0.102. The lowest BCUT2D eigenvalue weighted by Crippen LogP contribution is -2.43. The van der Waals surface area contributed by atoms with Crippen LogP contribution in [0.4, 0.5) is 0 Å². The molecule has 0 saturated carbocycles. The lowest BCUT2D eigenvalue weighted by Gasteiger charge is -2.33. The Labute approximate surface area is 141 Å². The predicted molar refractivity (Wildman–Crippen MR) is 94.0 cm³/mol. The van der Waals surface area contributed by atoms with Gasteiger partial charge in [-0.3, -0.25) is 9.59 Å². The molecule has 1 rings (SSSR count). The second-order valence-electron chi connectivity index (χ2n) is 6.72. The fourth-order valence-electron chi connectivity index (χ4n) is 3.13. The zero-order valence-electron chi connectivity index (χ0n) is 15.1. The Bertz CT molecular complexity index is 352. The number of carbonyl (C=O) groups excluding carboxylic acids is 2. The summed E-state index contributed by atoms with van der Waals surface area (Å²) in [5.74, 6) is 0.612. The van der Waals surface area contributed by atoms with Gasteiger partial charge >= 0.3 is 0 Å². The SMILES string of the molecule is CCCCN(C)C(=O)C1CCN(C(=O)CCCCCCN)CC1. The van der Waals surface area contributed by atoms with Gasteiger partial charge in [0.05, 0.1) is 0 Å². The van der Waals surface area contributed by atoms with Crippen LogP contribution in [0.1, 0.15) is 64.7 Å². The number of rotatable bonds is 10. The summed E-state index contributed by atoms with van der Waals surface area (Å²) in [5.41, 5.74) is 5.47. The van der Waals surface area contributed by atoms with E-state index in [1.807, 2.05) is 16.8 Å². The van der Waals surface area contributed by atoms with E-state index in [1.165, 1.54) is 0 Å². The van der Waals surface area contributed by atoms with Crippen molar-refractivity contribution in [2.24, 2.45) is 11.7 Å². The van der Waals surface area contributed by atoms with Gasteiger partial charge in [-0.2, -0.15) is 0 Å². The summed E-state index contributed by atoms with van der Waals surface area (Å²) < 4.78 is 0. The van der Waals surface area contributed by atoms with Gasteiger partial charge < -0.3 is 15.5 Å². The van der Waals surface area contributed by atoms with Crippen molar-refractivity contribution in [2.45, 2.75) is 64.7 Å². The Morgan fingerprint density at radius 3 is 2.35 bits per heavy atom. The number of likely N-dealkylation sites (tertiary alicyclic amines) is 1. The molecule has 2 N–H and O–H groups in total. The van der Waals surface area contributed by atoms with E-state index in [0.29, 0.717) is 6.42 Å². The smallest absolute Gasteiger partial charge is 0.225 e. The Balaban J connectivity index is 2.23. The Morgan fingerprint density at radius 1 is 1.09 bits per heavy atom. The van der Waals surface area contributed by atoms with Crippen LogP contribution in [0.25, 0.3) is 0 Å². The average molecular weight is 325 g/mol. The van der Waals surface area contributed by atoms with Crippen LogP contribution in [-0.2, 0) is 9.59 Å². The van der Waals surface area contributed by atoms with Crippen LogP contribution in [-0.4, -0.2) is 54.8 Å². The highest BCUT2D eigenvalue weighted by Crippen LogP contribution is 2.20. The maximum Gasteiger partial charge on any atom is 0.225 e. The van der Waals surface area contributed by atoms with Crippen LogP contribution in [0, 0.1) is 5.92 Å². The summed E-state index contributed by atoms with van der Waals surface area (Å²) in [6, 6.07) is 0. The lowest BCUT2D eigenvalue weighted by atomic mass is 9.95. The Kier molecular flexibility index (Phi) is 9.92. The van der Waals surface area contributed by atoms with Crippen molar-refractivity contribution < 1.29 is 9.59 Å². The Hall–Kier alpha value is -1.10. The highest BCUT2D eigenvalue weighted by Gasteiger charge is 2.28. The van der Waals surface area contributed by atoms with E-state index in [-0.39, 0.29) is 17.7 Å². The molecule has 1 heterocycles. The molecule has 5 nitrogen and oxygen atoms in total. The first-order chi connectivity index (χ1) is 11.1. The number of nitrogens with zero attached hydrogens (tertiary/aromatic N) is 2. The predicted octanol–water partition coefficient (Wildman–Crippen LogP) is 2.39. The van der Waals surface area contributed by atoms with Crippen molar-refractivity contribution in [2.75, 3.05) is 33.2 Å². The van der Waals surface area contributed by atoms with Gasteiger partial charge in [0.25, 0.3) is 0 Å². The van der Waals surface area contributed by atoms with Crippen molar-refractivity contribution in [3.8, 4) is 0 Å². The second-order valence-corrected chi connectivity index (χ2v) is 6.72. The fraction of sp³-hybridized carbons (Fsp3) is 0.889. The third-order valence-electron chi connectivity index (χ3n) is 4.76. The number of amides is 2. The van der Waals surface area contributed by atoms with Crippen molar-refractivity contribution in [1.29, 1.82) is 0 Å². The summed E-state index contributed by atoms with van der Waals surface area (Å²) in [4.78, 5) is 28.4. The van der Waals surface area contributed by atoms with E-state index in [9.17, 15) is 9.59 Å². The number of piperidine rings is 1. The maximum absolute atomic E-state index is 12.4. The van der Waals surface area contributed by atoms with Gasteiger partial charge in [0.2, 0.25) is 11.8 Å². The van der Waals surface area contributed by atoms with Crippen molar-refractivity contribution in [3.05, 3.63) is 0 Å². The molecule has 1 fully saturated rings. The van der Waals surface area contributed by atoms with Crippen molar-refractivity contribution in [3.63, 3.8) is 0 Å². The van der Waals surface area contributed by atoms with Gasteiger partial charge in [-0.25, -0.2) is 0 Å². The quantitative estimate of drug-likeness (QED) is 0.627. The third-order valence-corrected chi connectivity index (χ3v) is 4.76. The van der Waals surface area contributed by atoms with Gasteiger partial charge in [0.1, 0.15) is 0 Å². The highest BCUT2D eigenvalue weighted by molar-refractivity contribution is 5.80. The molecule has 0 aromatic rings. The molecule has 1 saturated heterocycles. The van der Waals surface area contributed by atoms with Gasteiger partial charge in [-0.1, -0.05) is 26.2 Å². The third kappa shape index (κ3) is 7.34. The zero-order chi connectivity index (χ0) is 17.1.